The zero-order valence-corrected chi connectivity index (χ0v) is 15.7. The maximum Gasteiger partial charge on any atom is 0.291 e. The topological polar surface area (TPSA) is 105 Å². The van der Waals surface area contributed by atoms with Crippen molar-refractivity contribution in [2.75, 3.05) is 10.6 Å². The molecule has 3 N–H and O–H groups in total. The average Bonchev–Trinajstić information content (AvgIpc) is 3.38. The Kier molecular flexibility index (Phi) is 4.85. The Bertz CT molecular complexity index is 945. The Labute approximate surface area is 162 Å². The van der Waals surface area contributed by atoms with E-state index in [4.69, 9.17) is 0 Å². The van der Waals surface area contributed by atoms with Gasteiger partial charge in [0, 0.05) is 30.9 Å². The third-order valence-corrected chi connectivity index (χ3v) is 4.89. The Balaban J connectivity index is 1.58. The molecule has 8 heteroatoms. The summed E-state index contributed by atoms with van der Waals surface area (Å²) in [6.45, 7) is 2.10. The SMILES string of the molecule is CC(=O)Nc1cccc(NC(=O)c2nc(C(=O)NC3CC3)c3n2CCCC3)c1. The number of hydrogen-bond donors (Lipinski definition) is 3. The number of nitrogens with one attached hydrogen (secondary N) is 3. The minimum absolute atomic E-state index is 0.183. The first-order valence-electron chi connectivity index (χ1n) is 9.60. The second kappa shape index (κ2) is 7.46. The minimum atomic E-state index is -0.367. The summed E-state index contributed by atoms with van der Waals surface area (Å²) >= 11 is 0. The quantitative estimate of drug-likeness (QED) is 0.739. The summed E-state index contributed by atoms with van der Waals surface area (Å²) in [7, 11) is 0. The van der Waals surface area contributed by atoms with E-state index in [2.05, 4.69) is 20.9 Å². The van der Waals surface area contributed by atoms with E-state index < -0.39 is 0 Å². The van der Waals surface area contributed by atoms with Gasteiger partial charge in [0.2, 0.25) is 5.91 Å². The molecule has 0 bridgehead atoms. The van der Waals surface area contributed by atoms with Gasteiger partial charge >= 0.3 is 0 Å². The summed E-state index contributed by atoms with van der Waals surface area (Å²) < 4.78 is 1.86. The number of rotatable bonds is 5. The summed E-state index contributed by atoms with van der Waals surface area (Å²) in [5, 5.41) is 8.47. The molecule has 2 heterocycles. The molecule has 1 aromatic carbocycles. The van der Waals surface area contributed by atoms with Crippen LogP contribution in [0.4, 0.5) is 11.4 Å². The Morgan fingerprint density at radius 2 is 1.82 bits per heavy atom. The first-order chi connectivity index (χ1) is 13.5. The predicted molar refractivity (Wildman–Crippen MR) is 104 cm³/mol. The molecule has 8 nitrogen and oxygen atoms in total. The normalized spacial score (nSPS) is 15.5. The Morgan fingerprint density at radius 1 is 1.07 bits per heavy atom. The Hall–Kier alpha value is -3.16. The van der Waals surface area contributed by atoms with E-state index in [9.17, 15) is 14.4 Å². The summed E-state index contributed by atoms with van der Waals surface area (Å²) in [5.41, 5.74) is 2.35. The number of hydrogen-bond acceptors (Lipinski definition) is 4. The third-order valence-electron chi connectivity index (χ3n) is 4.89. The van der Waals surface area contributed by atoms with Gasteiger partial charge in [0.25, 0.3) is 11.8 Å². The van der Waals surface area contributed by atoms with Crippen molar-refractivity contribution in [1.29, 1.82) is 0 Å². The van der Waals surface area contributed by atoms with Crippen molar-refractivity contribution in [3.63, 3.8) is 0 Å². The lowest BCUT2D eigenvalue weighted by molar-refractivity contribution is -0.114. The fourth-order valence-electron chi connectivity index (χ4n) is 3.44. The molecule has 0 radical (unpaired) electrons. The average molecular weight is 381 g/mol. The molecule has 1 aliphatic carbocycles. The largest absolute Gasteiger partial charge is 0.348 e. The molecular formula is C20H23N5O3. The van der Waals surface area contributed by atoms with Gasteiger partial charge in [-0.3, -0.25) is 14.4 Å². The minimum Gasteiger partial charge on any atom is -0.348 e. The number of carbonyl (C=O) groups excluding carboxylic acids is 3. The zero-order chi connectivity index (χ0) is 19.7. The molecule has 1 aliphatic heterocycles. The van der Waals surface area contributed by atoms with Gasteiger partial charge in [-0.1, -0.05) is 6.07 Å². The molecule has 0 atom stereocenters. The number of fused-ring (bicyclic) bond motifs is 1. The summed E-state index contributed by atoms with van der Waals surface area (Å²) in [6, 6.07) is 7.15. The van der Waals surface area contributed by atoms with Crippen molar-refractivity contribution in [3.8, 4) is 0 Å². The second-order valence-electron chi connectivity index (χ2n) is 7.30. The number of imidazole rings is 1. The molecule has 3 amide bonds. The lowest BCUT2D eigenvalue weighted by Crippen LogP contribution is -2.27. The standard InChI is InChI=1S/C20H23N5O3/c1-12(26)21-14-5-4-6-15(11-14)23-20(28)18-24-17(19(27)22-13-8-9-13)16-7-2-3-10-25(16)18/h4-6,11,13H,2-3,7-10H2,1H3,(H,21,26)(H,22,27)(H,23,28). The summed E-state index contributed by atoms with van der Waals surface area (Å²) in [4.78, 5) is 41.1. The van der Waals surface area contributed by atoms with E-state index in [1.807, 2.05) is 4.57 Å². The Morgan fingerprint density at radius 3 is 2.54 bits per heavy atom. The van der Waals surface area contributed by atoms with Crippen molar-refractivity contribution in [1.82, 2.24) is 14.9 Å². The lowest BCUT2D eigenvalue weighted by Gasteiger charge is -2.17. The maximum absolute atomic E-state index is 12.9. The maximum atomic E-state index is 12.9. The molecule has 0 saturated heterocycles. The van der Waals surface area contributed by atoms with E-state index in [-0.39, 0.29) is 29.6 Å². The first-order valence-corrected chi connectivity index (χ1v) is 9.60. The van der Waals surface area contributed by atoms with Gasteiger partial charge in [-0.2, -0.15) is 0 Å². The number of nitrogens with zero attached hydrogens (tertiary/aromatic N) is 2. The van der Waals surface area contributed by atoms with Gasteiger partial charge < -0.3 is 20.5 Å². The molecule has 0 spiro atoms. The van der Waals surface area contributed by atoms with Crippen molar-refractivity contribution < 1.29 is 14.4 Å². The molecule has 1 fully saturated rings. The van der Waals surface area contributed by atoms with E-state index in [0.29, 0.717) is 23.6 Å². The van der Waals surface area contributed by atoms with Crippen LogP contribution >= 0.6 is 0 Å². The van der Waals surface area contributed by atoms with Crippen LogP contribution in [0, 0.1) is 0 Å². The van der Waals surface area contributed by atoms with Crippen molar-refractivity contribution in [3.05, 3.63) is 41.5 Å². The van der Waals surface area contributed by atoms with Crippen LogP contribution in [0.25, 0.3) is 0 Å². The first kappa shape index (κ1) is 18.2. The van der Waals surface area contributed by atoms with Crippen LogP contribution in [0.1, 0.15) is 59.4 Å². The van der Waals surface area contributed by atoms with E-state index in [1.165, 1.54) is 6.92 Å². The van der Waals surface area contributed by atoms with Gasteiger partial charge in [0.1, 0.15) is 5.69 Å². The monoisotopic (exact) mass is 381 g/mol. The van der Waals surface area contributed by atoms with E-state index in [0.717, 1.165) is 37.8 Å². The van der Waals surface area contributed by atoms with Crippen LogP contribution in [0.3, 0.4) is 0 Å². The zero-order valence-electron chi connectivity index (χ0n) is 15.7. The van der Waals surface area contributed by atoms with Crippen LogP contribution in [0.2, 0.25) is 0 Å². The smallest absolute Gasteiger partial charge is 0.291 e. The van der Waals surface area contributed by atoms with Crippen LogP contribution in [0.5, 0.6) is 0 Å². The van der Waals surface area contributed by atoms with Crippen LogP contribution in [-0.2, 0) is 17.8 Å². The van der Waals surface area contributed by atoms with E-state index in [1.54, 1.807) is 24.3 Å². The van der Waals surface area contributed by atoms with Crippen molar-refractivity contribution in [2.45, 2.75) is 51.6 Å². The summed E-state index contributed by atoms with van der Waals surface area (Å²) in [6.07, 6.45) is 4.67. The van der Waals surface area contributed by atoms with Crippen molar-refractivity contribution >= 4 is 29.1 Å². The highest BCUT2D eigenvalue weighted by Crippen LogP contribution is 2.24. The summed E-state index contributed by atoms with van der Waals surface area (Å²) in [5.74, 6) is -0.494. The van der Waals surface area contributed by atoms with E-state index >= 15 is 0 Å². The number of carbonyl (C=O) groups is 3. The van der Waals surface area contributed by atoms with Crippen molar-refractivity contribution in [2.24, 2.45) is 0 Å². The van der Waals surface area contributed by atoms with Gasteiger partial charge in [-0.05, 0) is 50.3 Å². The molecule has 4 rings (SSSR count). The van der Waals surface area contributed by atoms with Crippen LogP contribution in [-0.4, -0.2) is 33.3 Å². The molecule has 146 valence electrons. The van der Waals surface area contributed by atoms with Crippen LogP contribution in [0.15, 0.2) is 24.3 Å². The highest BCUT2D eigenvalue weighted by Gasteiger charge is 2.30. The molecule has 2 aromatic rings. The van der Waals surface area contributed by atoms with Gasteiger partial charge in [0.15, 0.2) is 5.82 Å². The van der Waals surface area contributed by atoms with Crippen LogP contribution < -0.4 is 16.0 Å². The number of amides is 3. The molecule has 28 heavy (non-hydrogen) atoms. The molecule has 2 aliphatic rings. The highest BCUT2D eigenvalue weighted by molar-refractivity contribution is 6.04. The van der Waals surface area contributed by atoms with Gasteiger partial charge in [-0.25, -0.2) is 4.98 Å². The fraction of sp³-hybridized carbons (Fsp3) is 0.400. The molecule has 1 aromatic heterocycles. The second-order valence-corrected chi connectivity index (χ2v) is 7.30. The number of benzene rings is 1. The molecule has 0 unspecified atom stereocenters. The fourth-order valence-corrected chi connectivity index (χ4v) is 3.44. The number of aromatic nitrogens is 2. The third kappa shape index (κ3) is 3.90. The number of anilines is 2. The van der Waals surface area contributed by atoms with Gasteiger partial charge in [-0.15, -0.1) is 0 Å². The molecule has 1 saturated carbocycles. The highest BCUT2D eigenvalue weighted by atomic mass is 16.2. The van der Waals surface area contributed by atoms with Gasteiger partial charge in [0.05, 0.1) is 5.69 Å². The predicted octanol–water partition coefficient (Wildman–Crippen LogP) is 2.32. The lowest BCUT2D eigenvalue weighted by atomic mass is 10.1. The molecular weight excluding hydrogens is 358 g/mol.